The van der Waals surface area contributed by atoms with Crippen molar-refractivity contribution in [1.82, 2.24) is 21.3 Å². The Bertz CT molecular complexity index is 136. The third-order valence-electron chi connectivity index (χ3n) is 2.37. The summed E-state index contributed by atoms with van der Waals surface area (Å²) in [5, 5.41) is 13.7. The molecule has 7 heteroatoms. The van der Waals surface area contributed by atoms with Crippen molar-refractivity contribution < 1.29 is 24.6 Å². The molecule has 0 spiro atoms. The molecule has 0 amide bonds. The van der Waals surface area contributed by atoms with Gasteiger partial charge in [-0.3, -0.25) is 0 Å². The van der Waals surface area contributed by atoms with Crippen LogP contribution in [0.5, 0.6) is 0 Å². The molecule has 0 aromatic rings. The van der Waals surface area contributed by atoms with E-state index in [1.54, 1.807) is 0 Å². The SMILES string of the molecule is C1CNCCNCCCNCCNC1.[O]=[Tc]=[O]. The molecule has 0 bridgehead atoms. The van der Waals surface area contributed by atoms with E-state index in [4.69, 9.17) is 7.01 Å². The van der Waals surface area contributed by atoms with Crippen LogP contribution in [0.2, 0.25) is 0 Å². The summed E-state index contributed by atoms with van der Waals surface area (Å²) in [6.07, 6.45) is 2.44. The molecular weight excluding hydrogens is 306 g/mol. The van der Waals surface area contributed by atoms with Crippen molar-refractivity contribution >= 4 is 0 Å². The average Bonchev–Trinajstić information content (AvgIpc) is 2.33. The number of rotatable bonds is 0. The van der Waals surface area contributed by atoms with E-state index < -0.39 is 17.6 Å². The summed E-state index contributed by atoms with van der Waals surface area (Å²) in [4.78, 5) is 0. The first-order valence-corrected chi connectivity index (χ1v) is 7.65. The molecule has 1 aliphatic heterocycles. The Hall–Kier alpha value is 0.0894. The fourth-order valence-electron chi connectivity index (χ4n) is 1.53. The summed E-state index contributed by atoms with van der Waals surface area (Å²) in [7, 11) is 0. The van der Waals surface area contributed by atoms with Crippen molar-refractivity contribution in [2.24, 2.45) is 0 Å². The van der Waals surface area contributed by atoms with E-state index in [1.165, 1.54) is 12.8 Å². The van der Waals surface area contributed by atoms with Gasteiger partial charge in [0.2, 0.25) is 0 Å². The number of hydrogen-bond acceptors (Lipinski definition) is 6. The summed E-state index contributed by atoms with van der Waals surface area (Å²) < 4.78 is 17.0. The summed E-state index contributed by atoms with van der Waals surface area (Å²) in [6.45, 7) is 8.87. The molecule has 0 aromatic carbocycles. The van der Waals surface area contributed by atoms with Crippen molar-refractivity contribution in [3.05, 3.63) is 0 Å². The Morgan fingerprint density at radius 2 is 0.765 bits per heavy atom. The molecule has 1 aliphatic rings. The standard InChI is InChI=1S/C10H24N4.2O.Tc/c1-3-11-7-9-13-5-2-6-14-10-8-12-4-1;;;/h11-14H,1-10H2;;;. The normalized spacial score (nSPS) is 20.5. The summed E-state index contributed by atoms with van der Waals surface area (Å²) in [5.74, 6) is 0. The van der Waals surface area contributed by atoms with Crippen LogP contribution in [0.25, 0.3) is 0 Å². The molecule has 103 valence electrons. The summed E-state index contributed by atoms with van der Waals surface area (Å²) >= 11 is -1.91. The van der Waals surface area contributed by atoms with Crippen LogP contribution in [-0.4, -0.2) is 52.4 Å². The van der Waals surface area contributed by atoms with Crippen LogP contribution < -0.4 is 21.3 Å². The van der Waals surface area contributed by atoms with Crippen molar-refractivity contribution in [2.45, 2.75) is 12.8 Å². The number of nitrogens with one attached hydrogen (secondary N) is 4. The quantitative estimate of drug-likeness (QED) is 0.451. The molecule has 1 rings (SSSR count). The fourth-order valence-corrected chi connectivity index (χ4v) is 1.53. The first kappa shape index (κ1) is 17.1. The molecule has 6 nitrogen and oxygen atoms in total. The zero-order valence-electron chi connectivity index (χ0n) is 10.3. The van der Waals surface area contributed by atoms with Gasteiger partial charge in [-0.1, -0.05) is 0 Å². The predicted octanol–water partition coefficient (Wildman–Crippen LogP) is -1.10. The van der Waals surface area contributed by atoms with Gasteiger partial charge in [0.25, 0.3) is 0 Å². The van der Waals surface area contributed by atoms with E-state index in [0.717, 1.165) is 52.4 Å². The molecular formula is C10H24N4O2Tc. The van der Waals surface area contributed by atoms with Crippen LogP contribution in [0.1, 0.15) is 12.8 Å². The van der Waals surface area contributed by atoms with E-state index in [1.807, 2.05) is 0 Å². The number of hydrogen-bond donors (Lipinski definition) is 4. The van der Waals surface area contributed by atoms with Gasteiger partial charge in [-0.05, 0) is 39.0 Å². The van der Waals surface area contributed by atoms with Gasteiger partial charge < -0.3 is 21.3 Å². The second kappa shape index (κ2) is 16.1. The Labute approximate surface area is 111 Å². The molecule has 4 N–H and O–H groups in total. The fraction of sp³-hybridized carbons (Fsp3) is 1.00. The third kappa shape index (κ3) is 16.1. The molecule has 0 atom stereocenters. The Morgan fingerprint density at radius 3 is 1.00 bits per heavy atom. The monoisotopic (exact) mass is 329 g/mol. The molecule has 0 unspecified atom stereocenters. The maximum atomic E-state index is 8.48. The topological polar surface area (TPSA) is 82.3 Å². The van der Waals surface area contributed by atoms with E-state index >= 15 is 0 Å². The van der Waals surface area contributed by atoms with Crippen LogP contribution in [0, 0.1) is 0 Å². The predicted molar refractivity (Wildman–Crippen MR) is 62.1 cm³/mol. The van der Waals surface area contributed by atoms with E-state index in [-0.39, 0.29) is 0 Å². The van der Waals surface area contributed by atoms with Crippen LogP contribution in [0.3, 0.4) is 0 Å². The second-order valence-corrected chi connectivity index (χ2v) is 4.08. The van der Waals surface area contributed by atoms with Crippen LogP contribution in [0.4, 0.5) is 0 Å². The molecule has 0 radical (unpaired) electrons. The van der Waals surface area contributed by atoms with Crippen LogP contribution >= 0.6 is 0 Å². The Kier molecular flexibility index (Phi) is 16.2. The molecule has 1 fully saturated rings. The van der Waals surface area contributed by atoms with Crippen LogP contribution in [0.15, 0.2) is 0 Å². The second-order valence-electron chi connectivity index (χ2n) is 3.77. The van der Waals surface area contributed by atoms with Gasteiger partial charge in [0, 0.05) is 26.2 Å². The van der Waals surface area contributed by atoms with E-state index in [0.29, 0.717) is 0 Å². The van der Waals surface area contributed by atoms with Crippen LogP contribution in [-0.2, 0) is 24.6 Å². The zero-order chi connectivity index (χ0) is 12.6. The maximum absolute atomic E-state index is 8.48. The van der Waals surface area contributed by atoms with Gasteiger partial charge in [0.05, 0.1) is 0 Å². The van der Waals surface area contributed by atoms with Gasteiger partial charge in [-0.15, -0.1) is 0 Å². The van der Waals surface area contributed by atoms with Crippen molar-refractivity contribution in [2.75, 3.05) is 52.4 Å². The molecule has 0 aliphatic carbocycles. The zero-order valence-corrected chi connectivity index (χ0v) is 12.1. The summed E-state index contributed by atoms with van der Waals surface area (Å²) in [5.41, 5.74) is 0. The molecule has 0 aromatic heterocycles. The Morgan fingerprint density at radius 1 is 0.529 bits per heavy atom. The van der Waals surface area contributed by atoms with E-state index in [9.17, 15) is 0 Å². The van der Waals surface area contributed by atoms with Gasteiger partial charge in [-0.25, -0.2) is 0 Å². The average molecular weight is 330 g/mol. The first-order chi connectivity index (χ1) is 8.41. The van der Waals surface area contributed by atoms with E-state index in [2.05, 4.69) is 21.3 Å². The Balaban J connectivity index is 0.000000770. The van der Waals surface area contributed by atoms with Gasteiger partial charge in [0.15, 0.2) is 0 Å². The van der Waals surface area contributed by atoms with Gasteiger partial charge >= 0.3 is 24.6 Å². The van der Waals surface area contributed by atoms with Crippen molar-refractivity contribution in [1.29, 1.82) is 0 Å². The van der Waals surface area contributed by atoms with Crippen molar-refractivity contribution in [3.8, 4) is 0 Å². The molecule has 1 heterocycles. The first-order valence-electron chi connectivity index (χ1n) is 6.14. The van der Waals surface area contributed by atoms with Gasteiger partial charge in [0.1, 0.15) is 0 Å². The van der Waals surface area contributed by atoms with Crippen molar-refractivity contribution in [3.63, 3.8) is 0 Å². The third-order valence-corrected chi connectivity index (χ3v) is 2.37. The molecule has 17 heavy (non-hydrogen) atoms. The molecule has 0 saturated carbocycles. The minimum absolute atomic E-state index is 1.09. The van der Waals surface area contributed by atoms with Gasteiger partial charge in [-0.2, -0.15) is 0 Å². The molecule has 1 saturated heterocycles. The summed E-state index contributed by atoms with van der Waals surface area (Å²) in [6, 6.07) is 0. The minimum atomic E-state index is -1.91.